The molecule has 1 aromatic heterocycles. The molecule has 1 rings (SSSR count). The van der Waals surface area contributed by atoms with Crippen molar-refractivity contribution < 1.29 is 19.5 Å². The van der Waals surface area contributed by atoms with Crippen LogP contribution in [0.2, 0.25) is 0 Å². The van der Waals surface area contributed by atoms with E-state index in [1.807, 2.05) is 5.32 Å². The van der Waals surface area contributed by atoms with Crippen LogP contribution in [0.15, 0.2) is 17.5 Å². The molecule has 5 nitrogen and oxygen atoms in total. The minimum absolute atomic E-state index is 0.299. The van der Waals surface area contributed by atoms with Crippen molar-refractivity contribution in [2.75, 3.05) is 6.54 Å². The summed E-state index contributed by atoms with van der Waals surface area (Å²) in [6.45, 7) is -0.546. The molecule has 0 saturated carbocycles. The van der Waals surface area contributed by atoms with Gasteiger partial charge in [-0.3, -0.25) is 14.4 Å². The van der Waals surface area contributed by atoms with E-state index in [2.05, 4.69) is 0 Å². The van der Waals surface area contributed by atoms with Crippen LogP contribution in [0.3, 0.4) is 0 Å². The zero-order chi connectivity index (χ0) is 10.6. The van der Waals surface area contributed by atoms with E-state index in [0.717, 1.165) is 11.3 Å². The number of ketones is 1. The van der Waals surface area contributed by atoms with Crippen molar-refractivity contribution in [1.29, 1.82) is 0 Å². The van der Waals surface area contributed by atoms with Crippen LogP contribution in [0.5, 0.6) is 0 Å². The third-order valence-corrected chi connectivity index (χ3v) is 2.22. The number of hydrogen-bond acceptors (Lipinski definition) is 4. The van der Waals surface area contributed by atoms with Gasteiger partial charge in [0.05, 0.1) is 4.88 Å². The summed E-state index contributed by atoms with van der Waals surface area (Å²) in [6, 6.07) is 3.15. The number of carbonyl (C=O) groups excluding carboxylic acids is 2. The first kappa shape index (κ1) is 10.4. The van der Waals surface area contributed by atoms with Gasteiger partial charge in [-0.05, 0) is 11.4 Å². The fourth-order valence-electron chi connectivity index (χ4n) is 0.756. The van der Waals surface area contributed by atoms with Gasteiger partial charge in [0.25, 0.3) is 11.7 Å². The summed E-state index contributed by atoms with van der Waals surface area (Å²) in [6.07, 6.45) is 0. The van der Waals surface area contributed by atoms with Crippen molar-refractivity contribution >= 4 is 29.0 Å². The van der Waals surface area contributed by atoms with Crippen LogP contribution in [0.4, 0.5) is 0 Å². The minimum atomic E-state index is -1.18. The van der Waals surface area contributed by atoms with Gasteiger partial charge in [-0.15, -0.1) is 11.3 Å². The van der Waals surface area contributed by atoms with E-state index < -0.39 is 24.2 Å². The average Bonchev–Trinajstić information content (AvgIpc) is 2.65. The van der Waals surface area contributed by atoms with Gasteiger partial charge in [-0.25, -0.2) is 0 Å². The number of carboxylic acids is 1. The lowest BCUT2D eigenvalue weighted by atomic mass is 10.3. The molecule has 0 aromatic carbocycles. The van der Waals surface area contributed by atoms with E-state index >= 15 is 0 Å². The quantitative estimate of drug-likeness (QED) is 0.550. The molecule has 74 valence electrons. The summed E-state index contributed by atoms with van der Waals surface area (Å²) in [5.74, 6) is -2.78. The zero-order valence-corrected chi connectivity index (χ0v) is 7.84. The molecule has 0 aliphatic rings. The molecule has 0 aliphatic carbocycles. The first-order valence-electron chi connectivity index (χ1n) is 3.69. The summed E-state index contributed by atoms with van der Waals surface area (Å²) >= 11 is 1.14. The number of amides is 1. The van der Waals surface area contributed by atoms with Crippen LogP contribution < -0.4 is 5.32 Å². The van der Waals surface area contributed by atoms with Gasteiger partial charge in [-0.2, -0.15) is 0 Å². The second-order valence-electron chi connectivity index (χ2n) is 2.38. The molecule has 1 amide bonds. The SMILES string of the molecule is O=C(O)CNC(=O)C(=O)c1cccs1. The van der Waals surface area contributed by atoms with E-state index in [9.17, 15) is 14.4 Å². The number of rotatable bonds is 4. The molecule has 6 heteroatoms. The Labute approximate surface area is 83.4 Å². The molecule has 0 aliphatic heterocycles. The first-order valence-corrected chi connectivity index (χ1v) is 4.57. The van der Waals surface area contributed by atoms with Crippen molar-refractivity contribution in [3.8, 4) is 0 Å². The van der Waals surface area contributed by atoms with Gasteiger partial charge in [0.1, 0.15) is 6.54 Å². The van der Waals surface area contributed by atoms with Gasteiger partial charge in [0.2, 0.25) is 0 Å². The smallest absolute Gasteiger partial charge is 0.322 e. The summed E-state index contributed by atoms with van der Waals surface area (Å²) < 4.78 is 0. The molecular formula is C8H7NO4S. The largest absolute Gasteiger partial charge is 0.480 e. The maximum atomic E-state index is 11.2. The van der Waals surface area contributed by atoms with E-state index in [1.165, 1.54) is 6.07 Å². The van der Waals surface area contributed by atoms with Crippen molar-refractivity contribution in [2.45, 2.75) is 0 Å². The Morgan fingerprint density at radius 1 is 1.43 bits per heavy atom. The number of carboxylic acid groups (broad SMARTS) is 1. The Morgan fingerprint density at radius 2 is 2.14 bits per heavy atom. The highest BCUT2D eigenvalue weighted by molar-refractivity contribution is 7.13. The predicted molar refractivity (Wildman–Crippen MR) is 49.3 cm³/mol. The highest BCUT2D eigenvalue weighted by Gasteiger charge is 2.17. The van der Waals surface area contributed by atoms with Crippen LogP contribution in [-0.4, -0.2) is 29.3 Å². The molecule has 14 heavy (non-hydrogen) atoms. The highest BCUT2D eigenvalue weighted by Crippen LogP contribution is 2.08. The second-order valence-corrected chi connectivity index (χ2v) is 3.33. The molecule has 0 fully saturated rings. The fraction of sp³-hybridized carbons (Fsp3) is 0.125. The lowest BCUT2D eigenvalue weighted by molar-refractivity contribution is -0.137. The molecule has 0 radical (unpaired) electrons. The number of aliphatic carboxylic acids is 1. The van der Waals surface area contributed by atoms with E-state index in [1.54, 1.807) is 11.4 Å². The maximum absolute atomic E-state index is 11.2. The van der Waals surface area contributed by atoms with Crippen LogP contribution in [0.25, 0.3) is 0 Å². The number of carbonyl (C=O) groups is 3. The number of thiophene rings is 1. The molecular weight excluding hydrogens is 206 g/mol. The van der Waals surface area contributed by atoms with Gasteiger partial charge in [-0.1, -0.05) is 6.07 Å². The summed E-state index contributed by atoms with van der Waals surface area (Å²) in [4.78, 5) is 32.6. The van der Waals surface area contributed by atoms with Gasteiger partial charge < -0.3 is 10.4 Å². The summed E-state index contributed by atoms with van der Waals surface area (Å²) in [5.41, 5.74) is 0. The summed E-state index contributed by atoms with van der Waals surface area (Å²) in [7, 11) is 0. The lowest BCUT2D eigenvalue weighted by Crippen LogP contribution is -2.34. The minimum Gasteiger partial charge on any atom is -0.480 e. The van der Waals surface area contributed by atoms with Crippen molar-refractivity contribution in [1.82, 2.24) is 5.32 Å². The van der Waals surface area contributed by atoms with E-state index in [4.69, 9.17) is 5.11 Å². The standard InChI is InChI=1S/C8H7NO4S/c10-6(11)4-9-8(13)7(12)5-2-1-3-14-5/h1-3H,4H2,(H,9,13)(H,10,11). The number of Topliss-reactive ketones (excluding diaryl/α,β-unsaturated/α-hetero) is 1. The van der Waals surface area contributed by atoms with Crippen molar-refractivity contribution in [2.24, 2.45) is 0 Å². The topological polar surface area (TPSA) is 83.5 Å². The Hall–Kier alpha value is -1.69. The Kier molecular flexibility index (Phi) is 3.35. The molecule has 2 N–H and O–H groups in total. The average molecular weight is 213 g/mol. The van der Waals surface area contributed by atoms with Crippen LogP contribution in [-0.2, 0) is 9.59 Å². The summed E-state index contributed by atoms with van der Waals surface area (Å²) in [5, 5.41) is 11.9. The van der Waals surface area contributed by atoms with E-state index in [-0.39, 0.29) is 0 Å². The number of hydrogen-bond donors (Lipinski definition) is 2. The molecule has 0 atom stereocenters. The Morgan fingerprint density at radius 3 is 2.64 bits per heavy atom. The predicted octanol–water partition coefficient (Wildman–Crippen LogP) is 0.132. The van der Waals surface area contributed by atoms with Gasteiger partial charge in [0.15, 0.2) is 0 Å². The highest BCUT2D eigenvalue weighted by atomic mass is 32.1. The second kappa shape index (κ2) is 4.52. The monoisotopic (exact) mass is 213 g/mol. The maximum Gasteiger partial charge on any atom is 0.322 e. The molecule has 0 saturated heterocycles. The van der Waals surface area contributed by atoms with Crippen molar-refractivity contribution in [3.63, 3.8) is 0 Å². The molecule has 0 unspecified atom stereocenters. The van der Waals surface area contributed by atoms with Gasteiger partial charge in [0, 0.05) is 0 Å². The number of nitrogens with one attached hydrogen (secondary N) is 1. The molecule has 0 spiro atoms. The lowest BCUT2D eigenvalue weighted by Gasteiger charge is -1.98. The van der Waals surface area contributed by atoms with Crippen LogP contribution in [0, 0.1) is 0 Å². The third kappa shape index (κ3) is 2.67. The first-order chi connectivity index (χ1) is 6.61. The molecule has 1 aromatic rings. The van der Waals surface area contributed by atoms with Crippen LogP contribution in [0.1, 0.15) is 9.67 Å². The molecule has 1 heterocycles. The zero-order valence-electron chi connectivity index (χ0n) is 7.02. The van der Waals surface area contributed by atoms with Gasteiger partial charge >= 0.3 is 5.97 Å². The Balaban J connectivity index is 2.54. The van der Waals surface area contributed by atoms with Crippen molar-refractivity contribution in [3.05, 3.63) is 22.4 Å². The van der Waals surface area contributed by atoms with E-state index in [0.29, 0.717) is 4.88 Å². The molecule has 0 bridgehead atoms. The third-order valence-electron chi connectivity index (χ3n) is 1.35. The van der Waals surface area contributed by atoms with Crippen LogP contribution >= 0.6 is 11.3 Å². The fourth-order valence-corrected chi connectivity index (χ4v) is 1.42. The Bertz CT molecular complexity index is 357. The normalized spacial score (nSPS) is 9.43.